The molecule has 0 aliphatic heterocycles. The fourth-order valence-corrected chi connectivity index (χ4v) is 10.6. The third kappa shape index (κ3) is 36.4. The van der Waals surface area contributed by atoms with Gasteiger partial charge in [-0.25, -0.2) is 0 Å². The Bertz CT molecular complexity index is 5690. The molecule has 0 amide bonds. The Morgan fingerprint density at radius 3 is 0.818 bits per heavy atom. The quantitative estimate of drug-likeness (QED) is 0.0536. The van der Waals surface area contributed by atoms with Gasteiger partial charge < -0.3 is 79.2 Å². The molecule has 0 radical (unpaired) electrons. The zero-order chi connectivity index (χ0) is 91.0. The molecule has 0 aliphatic carbocycles. The number of benzene rings is 5. The summed E-state index contributed by atoms with van der Waals surface area (Å²) in [6, 6.07) is 88.9. The van der Waals surface area contributed by atoms with Crippen LogP contribution in [0.4, 0.5) is 52.7 Å². The predicted molar refractivity (Wildman–Crippen MR) is 444 cm³/mol. The van der Waals surface area contributed by atoms with E-state index in [-0.39, 0.29) is 139 Å². The molecule has 0 spiro atoms. The van der Waals surface area contributed by atoms with Gasteiger partial charge >= 0.3 is 109 Å². The van der Waals surface area contributed by atoms with Crippen LogP contribution in [0.1, 0.15) is 90.1 Å². The molecule has 40 heteroatoms. The number of hydrogen-bond donors (Lipinski definition) is 0. The second kappa shape index (κ2) is 55.2. The molecule has 0 bridgehead atoms. The van der Waals surface area contributed by atoms with E-state index in [1.807, 2.05) is 197 Å². The van der Waals surface area contributed by atoms with Gasteiger partial charge in [0.2, 0.25) is 0 Å². The van der Waals surface area contributed by atoms with Crippen molar-refractivity contribution >= 4 is 0 Å². The summed E-state index contributed by atoms with van der Waals surface area (Å²) in [6.45, 7) is 6.64. The van der Waals surface area contributed by atoms with Gasteiger partial charge in [0.1, 0.15) is 29.0 Å². The number of pyridine rings is 8. The Kier molecular flexibility index (Phi) is 45.1. The zero-order valence-electron chi connectivity index (χ0n) is 69.3. The van der Waals surface area contributed by atoms with Gasteiger partial charge in [0.25, 0.3) is 0 Å². The maximum absolute atomic E-state index is 12.2. The summed E-state index contributed by atoms with van der Waals surface area (Å²) in [5, 5.41) is 25.3. The molecule has 0 N–H and O–H groups in total. The maximum atomic E-state index is 12.2. The first-order valence-electron chi connectivity index (χ1n) is 38.3. The van der Waals surface area contributed by atoms with E-state index in [1.165, 1.54) is 0 Å². The SMILES string of the molecule is CC(C)Oc1ccc[c-]c1-c1ccccn1.CCOc1ccc[c-]c1-c1ccccn1.COc1ccc[c-]c1-c1ccccn1.FC(F)(F)c1n[n-]c(Cc2ccccn2)n1.FC(F)(F)c1n[n-]c(Cc2ccccn2)n1.FC(F)(F)c1n[n-]c(Cc2ccccn2)n1.FC(F)(F)c1n[n-]c(Cc2ccccn2)n1.[Pt+2].[Pt+2].[Pt+2].[Pt+2].[c-]1cccc(Oc2ccccc2)c1-c1ccccn1. The number of para-hydroxylation sites is 1. The van der Waals surface area contributed by atoms with E-state index >= 15 is 0 Å². The van der Waals surface area contributed by atoms with E-state index in [0.29, 0.717) is 29.4 Å². The third-order valence-corrected chi connectivity index (χ3v) is 16.1. The number of alkyl halides is 12. The van der Waals surface area contributed by atoms with Crippen LogP contribution in [0.25, 0.3) is 45.0 Å². The summed E-state index contributed by atoms with van der Waals surface area (Å²) < 4.78 is 168. The van der Waals surface area contributed by atoms with Crippen LogP contribution in [-0.2, 0) is 135 Å². The average Bonchev–Trinajstić information content (AvgIpc) is 1.63. The predicted octanol–water partition coefficient (Wildman–Crippen LogP) is 18.9. The summed E-state index contributed by atoms with van der Waals surface area (Å²) in [6.07, 6.45) is -4.19. The van der Waals surface area contributed by atoms with Gasteiger partial charge in [-0.05, 0) is 128 Å². The maximum Gasteiger partial charge on any atom is 2.00 e. The first-order valence-corrected chi connectivity index (χ1v) is 38.3. The molecule has 688 valence electrons. The van der Waals surface area contributed by atoms with Gasteiger partial charge in [-0.2, -0.15) is 52.7 Å². The Labute approximate surface area is 807 Å². The normalized spacial score (nSPS) is 10.6. The van der Waals surface area contributed by atoms with Crippen LogP contribution in [0.5, 0.6) is 28.7 Å². The second-order valence-corrected chi connectivity index (χ2v) is 25.9. The van der Waals surface area contributed by atoms with Gasteiger partial charge in [0.05, 0.1) is 19.8 Å². The van der Waals surface area contributed by atoms with Crippen molar-refractivity contribution in [2.45, 2.75) is 77.3 Å². The number of nitrogens with zero attached hydrogens (tertiary/aromatic N) is 20. The van der Waals surface area contributed by atoms with Gasteiger partial charge in [0.15, 0.2) is 0 Å². The van der Waals surface area contributed by atoms with E-state index in [4.69, 9.17) is 18.9 Å². The van der Waals surface area contributed by atoms with Crippen LogP contribution in [-0.4, -0.2) is 100 Å². The minimum absolute atomic E-state index is 0. The van der Waals surface area contributed by atoms with Crippen LogP contribution < -0.4 is 39.3 Å². The van der Waals surface area contributed by atoms with Crippen molar-refractivity contribution < 1.29 is 156 Å². The van der Waals surface area contributed by atoms with Crippen molar-refractivity contribution in [1.29, 1.82) is 0 Å². The number of halogens is 12. The standard InChI is InChI=1S/C17H12NO.C14H14NO.C13H12NO.C12H10NO.4C9H6F3N4.4Pt/c1-2-8-14(9-3-1)19-17-12-5-4-10-15(17)16-11-6-7-13-18-16;1-11(2)16-14-9-4-3-7-12(14)13-8-5-6-10-15-13;1-2-15-13-9-4-3-7-11(13)12-8-5-6-10-14-12;1-14-12-8-3-2-6-10(12)11-7-4-5-9-13-11;4*10-9(11,12)8-14-7(15-16-8)5-6-3-1-2-4-13-6;;;;/h1-9,11-13H;3-6,8-11H,1-2H3;3-6,8-10H,2H2,1H3;2-5,7-9H,1H3;4*1-4H,5H2;;;;/q8*-1;4*+2. The molecule has 17 aromatic rings. The number of hydrogen-bond acceptors (Lipinski definition) is 20. The smallest absolute Gasteiger partial charge is 0.540 e. The first-order chi connectivity index (χ1) is 61.8. The minimum atomic E-state index is -4.55. The van der Waals surface area contributed by atoms with E-state index in [9.17, 15) is 52.7 Å². The summed E-state index contributed by atoms with van der Waals surface area (Å²) in [4.78, 5) is 46.2. The van der Waals surface area contributed by atoms with Crippen molar-refractivity contribution in [2.24, 2.45) is 0 Å². The van der Waals surface area contributed by atoms with Crippen molar-refractivity contribution in [3.05, 3.63) is 392 Å². The average molecular weight is 2530 g/mol. The summed E-state index contributed by atoms with van der Waals surface area (Å²) in [7, 11) is 1.65. The van der Waals surface area contributed by atoms with Crippen LogP contribution >= 0.6 is 0 Å². The van der Waals surface area contributed by atoms with Crippen molar-refractivity contribution in [3.63, 3.8) is 0 Å². The fourth-order valence-electron chi connectivity index (χ4n) is 10.6. The Morgan fingerprint density at radius 1 is 0.303 bits per heavy atom. The van der Waals surface area contributed by atoms with Crippen molar-refractivity contribution in [1.82, 2.24) is 101 Å². The van der Waals surface area contributed by atoms with E-state index < -0.39 is 48.0 Å². The number of methoxy groups -OCH3 is 1. The summed E-state index contributed by atoms with van der Waals surface area (Å²) >= 11 is 0. The molecule has 17 rings (SSSR count). The van der Waals surface area contributed by atoms with Gasteiger partial charge in [-0.1, -0.05) is 137 Å². The summed E-state index contributed by atoms with van der Waals surface area (Å²) in [5.41, 5.74) is 9.51. The summed E-state index contributed by atoms with van der Waals surface area (Å²) in [5.74, 6) is -0.740. The molecule has 0 fully saturated rings. The van der Waals surface area contributed by atoms with E-state index in [0.717, 1.165) is 73.8 Å². The Morgan fingerprint density at radius 2 is 0.561 bits per heavy atom. The topological polar surface area (TPSA) is 300 Å². The van der Waals surface area contributed by atoms with E-state index in [1.54, 1.807) is 129 Å². The van der Waals surface area contributed by atoms with Crippen LogP contribution in [0.3, 0.4) is 0 Å². The Hall–Kier alpha value is -13.0. The molecular formula is C92H72F12N20O4Pt4. The van der Waals surface area contributed by atoms with Gasteiger partial charge in [-0.3, -0.25) is 40.3 Å². The minimum Gasteiger partial charge on any atom is -0.540 e. The molecule has 5 aromatic carbocycles. The molecule has 12 aromatic heterocycles. The molecule has 0 saturated carbocycles. The Balaban J connectivity index is 0.000000231. The van der Waals surface area contributed by atoms with Gasteiger partial charge in [0, 0.05) is 121 Å². The monoisotopic (exact) mass is 2530 g/mol. The van der Waals surface area contributed by atoms with Crippen LogP contribution in [0, 0.1) is 24.3 Å². The van der Waals surface area contributed by atoms with Crippen LogP contribution in [0.15, 0.2) is 298 Å². The second-order valence-electron chi connectivity index (χ2n) is 25.9. The van der Waals surface area contributed by atoms with Crippen LogP contribution in [0.2, 0.25) is 0 Å². The molecule has 0 unspecified atom stereocenters. The molecule has 12 heterocycles. The number of ether oxygens (including phenoxy) is 4. The van der Waals surface area contributed by atoms with Gasteiger partial charge in [-0.15, -0.1) is 97.1 Å². The third-order valence-electron chi connectivity index (χ3n) is 16.1. The molecule has 0 aliphatic rings. The first kappa shape index (κ1) is 108. The number of aromatic nitrogens is 20. The molecule has 0 atom stereocenters. The molecule has 24 nitrogen and oxygen atoms in total. The number of rotatable bonds is 19. The van der Waals surface area contributed by atoms with E-state index in [2.05, 4.69) is 125 Å². The van der Waals surface area contributed by atoms with Crippen molar-refractivity contribution in [2.75, 3.05) is 13.7 Å². The van der Waals surface area contributed by atoms with Crippen molar-refractivity contribution in [3.8, 4) is 73.8 Å². The zero-order valence-corrected chi connectivity index (χ0v) is 78.4. The molecular weight excluding hydrogens is 2460 g/mol. The largest absolute Gasteiger partial charge is 2.00 e. The molecule has 0 saturated heterocycles. The molecule has 132 heavy (non-hydrogen) atoms. The fraction of sp³-hybridized carbons (Fsp3) is 0.152.